The summed E-state index contributed by atoms with van der Waals surface area (Å²) in [5, 5.41) is 10.5. The zero-order chi connectivity index (χ0) is 14.1. The Morgan fingerprint density at radius 1 is 1.45 bits per heavy atom. The van der Waals surface area contributed by atoms with Crippen LogP contribution in [-0.2, 0) is 4.79 Å². The number of piperazine rings is 1. The van der Waals surface area contributed by atoms with Crippen molar-refractivity contribution in [3.8, 4) is 0 Å². The van der Waals surface area contributed by atoms with Gasteiger partial charge < -0.3 is 10.2 Å². The number of aromatic amines is 1. The third-order valence-electron chi connectivity index (χ3n) is 3.65. The molecule has 20 heavy (non-hydrogen) atoms. The maximum absolute atomic E-state index is 12.7. The number of benzene rings is 1. The quantitative estimate of drug-likeness (QED) is 0.853. The van der Waals surface area contributed by atoms with Gasteiger partial charge in [0.2, 0.25) is 5.91 Å². The fourth-order valence-electron chi connectivity index (χ4n) is 2.63. The SMILES string of the molecule is CCC1C(=O)NCCN1C(=O)c1n[nH]c2ccccc12. The van der Waals surface area contributed by atoms with Crippen LogP contribution in [0.25, 0.3) is 10.9 Å². The Labute approximate surface area is 116 Å². The predicted molar refractivity (Wildman–Crippen MR) is 74.2 cm³/mol. The van der Waals surface area contributed by atoms with Crippen molar-refractivity contribution in [2.45, 2.75) is 19.4 Å². The smallest absolute Gasteiger partial charge is 0.275 e. The summed E-state index contributed by atoms with van der Waals surface area (Å²) in [7, 11) is 0. The van der Waals surface area contributed by atoms with Gasteiger partial charge in [-0.05, 0) is 12.5 Å². The number of fused-ring (bicyclic) bond motifs is 1. The Kier molecular flexibility index (Phi) is 3.14. The van der Waals surface area contributed by atoms with Gasteiger partial charge in [-0.2, -0.15) is 5.10 Å². The maximum atomic E-state index is 12.7. The molecule has 0 bridgehead atoms. The van der Waals surface area contributed by atoms with E-state index in [-0.39, 0.29) is 11.8 Å². The topological polar surface area (TPSA) is 78.1 Å². The van der Waals surface area contributed by atoms with Crippen LogP contribution < -0.4 is 5.32 Å². The normalized spacial score (nSPS) is 19.1. The maximum Gasteiger partial charge on any atom is 0.275 e. The number of H-pyrrole nitrogens is 1. The van der Waals surface area contributed by atoms with Crippen molar-refractivity contribution in [2.75, 3.05) is 13.1 Å². The number of carbonyl (C=O) groups is 2. The average Bonchev–Trinajstić information content (AvgIpc) is 2.90. The van der Waals surface area contributed by atoms with Crippen molar-refractivity contribution in [2.24, 2.45) is 0 Å². The van der Waals surface area contributed by atoms with Gasteiger partial charge in [0.25, 0.3) is 5.91 Å². The summed E-state index contributed by atoms with van der Waals surface area (Å²) in [6, 6.07) is 7.08. The molecule has 1 fully saturated rings. The molecule has 1 unspecified atom stereocenters. The van der Waals surface area contributed by atoms with Gasteiger partial charge in [0.05, 0.1) is 5.52 Å². The van der Waals surface area contributed by atoms with Crippen molar-refractivity contribution in [1.82, 2.24) is 20.4 Å². The van der Waals surface area contributed by atoms with Crippen LogP contribution in [-0.4, -0.2) is 46.0 Å². The lowest BCUT2D eigenvalue weighted by molar-refractivity contribution is -0.127. The van der Waals surface area contributed by atoms with Gasteiger partial charge in [-0.3, -0.25) is 14.7 Å². The lowest BCUT2D eigenvalue weighted by atomic mass is 10.1. The van der Waals surface area contributed by atoms with E-state index in [1.54, 1.807) is 4.90 Å². The first-order valence-electron chi connectivity index (χ1n) is 6.74. The molecule has 6 heteroatoms. The van der Waals surface area contributed by atoms with Crippen molar-refractivity contribution in [3.05, 3.63) is 30.0 Å². The van der Waals surface area contributed by atoms with E-state index in [2.05, 4.69) is 15.5 Å². The molecule has 3 rings (SSSR count). The summed E-state index contributed by atoms with van der Waals surface area (Å²) >= 11 is 0. The molecule has 1 aromatic heterocycles. The number of nitrogens with one attached hydrogen (secondary N) is 2. The second kappa shape index (κ2) is 4.96. The molecule has 6 nitrogen and oxygen atoms in total. The number of aromatic nitrogens is 2. The second-order valence-electron chi connectivity index (χ2n) is 4.83. The van der Waals surface area contributed by atoms with Gasteiger partial charge >= 0.3 is 0 Å². The Hall–Kier alpha value is -2.37. The first-order valence-corrected chi connectivity index (χ1v) is 6.74. The van der Waals surface area contributed by atoms with Gasteiger partial charge in [0.1, 0.15) is 6.04 Å². The Bertz CT molecular complexity index is 664. The van der Waals surface area contributed by atoms with E-state index in [1.165, 1.54) is 0 Å². The molecule has 1 aromatic carbocycles. The minimum Gasteiger partial charge on any atom is -0.353 e. The molecular weight excluding hydrogens is 256 g/mol. The van der Waals surface area contributed by atoms with E-state index < -0.39 is 6.04 Å². The molecule has 1 saturated heterocycles. The first-order chi connectivity index (χ1) is 9.72. The highest BCUT2D eigenvalue weighted by Crippen LogP contribution is 2.19. The highest BCUT2D eigenvalue weighted by Gasteiger charge is 2.33. The number of hydrogen-bond acceptors (Lipinski definition) is 3. The van der Waals surface area contributed by atoms with Gasteiger partial charge in [0.15, 0.2) is 5.69 Å². The molecule has 0 radical (unpaired) electrons. The first kappa shape index (κ1) is 12.7. The van der Waals surface area contributed by atoms with Crippen molar-refractivity contribution in [1.29, 1.82) is 0 Å². The third-order valence-corrected chi connectivity index (χ3v) is 3.65. The number of nitrogens with zero attached hydrogens (tertiary/aromatic N) is 2. The summed E-state index contributed by atoms with van der Waals surface area (Å²) in [5.74, 6) is -0.281. The van der Waals surface area contributed by atoms with Crippen molar-refractivity contribution >= 4 is 22.7 Å². The van der Waals surface area contributed by atoms with Crippen LogP contribution in [0.4, 0.5) is 0 Å². The molecule has 0 saturated carbocycles. The van der Waals surface area contributed by atoms with Gasteiger partial charge in [-0.1, -0.05) is 25.1 Å². The summed E-state index contributed by atoms with van der Waals surface area (Å²) in [6.07, 6.45) is 0.597. The highest BCUT2D eigenvalue weighted by molar-refractivity contribution is 6.06. The number of rotatable bonds is 2. The van der Waals surface area contributed by atoms with Crippen LogP contribution in [0, 0.1) is 0 Å². The monoisotopic (exact) mass is 272 g/mol. The molecule has 104 valence electrons. The lowest BCUT2D eigenvalue weighted by Crippen LogP contribution is -2.57. The largest absolute Gasteiger partial charge is 0.353 e. The lowest BCUT2D eigenvalue weighted by Gasteiger charge is -2.34. The summed E-state index contributed by atoms with van der Waals surface area (Å²) in [4.78, 5) is 26.1. The summed E-state index contributed by atoms with van der Waals surface area (Å²) < 4.78 is 0. The van der Waals surface area contributed by atoms with Gasteiger partial charge in [-0.25, -0.2) is 0 Å². The van der Waals surface area contributed by atoms with E-state index in [0.717, 1.165) is 10.9 Å². The predicted octanol–water partition coefficient (Wildman–Crippen LogP) is 0.913. The van der Waals surface area contributed by atoms with Crippen LogP contribution in [0.15, 0.2) is 24.3 Å². The van der Waals surface area contributed by atoms with Crippen molar-refractivity contribution in [3.63, 3.8) is 0 Å². The van der Waals surface area contributed by atoms with E-state index in [0.29, 0.717) is 25.2 Å². The minimum atomic E-state index is -0.410. The molecule has 2 aromatic rings. The zero-order valence-electron chi connectivity index (χ0n) is 11.2. The molecular formula is C14H16N4O2. The van der Waals surface area contributed by atoms with Crippen LogP contribution in [0.2, 0.25) is 0 Å². The molecule has 1 atom stereocenters. The van der Waals surface area contributed by atoms with Crippen molar-refractivity contribution < 1.29 is 9.59 Å². The van der Waals surface area contributed by atoms with Crippen LogP contribution >= 0.6 is 0 Å². The summed E-state index contributed by atoms with van der Waals surface area (Å²) in [6.45, 7) is 2.91. The van der Waals surface area contributed by atoms with E-state index in [1.807, 2.05) is 31.2 Å². The Morgan fingerprint density at radius 2 is 2.25 bits per heavy atom. The number of carbonyl (C=O) groups excluding carboxylic acids is 2. The number of hydrogen-bond donors (Lipinski definition) is 2. The highest BCUT2D eigenvalue weighted by atomic mass is 16.2. The Morgan fingerprint density at radius 3 is 3.05 bits per heavy atom. The third kappa shape index (κ3) is 1.93. The van der Waals surface area contributed by atoms with Crippen LogP contribution in [0.1, 0.15) is 23.8 Å². The fourth-order valence-corrected chi connectivity index (χ4v) is 2.63. The minimum absolute atomic E-state index is 0.0908. The standard InChI is InChI=1S/C14H16N4O2/c1-2-11-13(19)15-7-8-18(11)14(20)12-9-5-3-4-6-10(9)16-17-12/h3-6,11H,2,7-8H2,1H3,(H,15,19)(H,16,17). The Balaban J connectivity index is 1.97. The van der Waals surface area contributed by atoms with E-state index >= 15 is 0 Å². The van der Waals surface area contributed by atoms with Gasteiger partial charge in [-0.15, -0.1) is 0 Å². The average molecular weight is 272 g/mol. The second-order valence-corrected chi connectivity index (χ2v) is 4.83. The number of amides is 2. The molecule has 2 N–H and O–H groups in total. The molecule has 0 aliphatic carbocycles. The van der Waals surface area contributed by atoms with Crippen LogP contribution in [0.5, 0.6) is 0 Å². The molecule has 2 heterocycles. The van der Waals surface area contributed by atoms with E-state index in [9.17, 15) is 9.59 Å². The molecule has 2 amide bonds. The molecule has 1 aliphatic heterocycles. The number of para-hydroxylation sites is 1. The fraction of sp³-hybridized carbons (Fsp3) is 0.357. The summed E-state index contributed by atoms with van der Waals surface area (Å²) in [5.41, 5.74) is 1.21. The van der Waals surface area contributed by atoms with E-state index in [4.69, 9.17) is 0 Å². The van der Waals surface area contributed by atoms with Crippen LogP contribution in [0.3, 0.4) is 0 Å². The molecule has 0 spiro atoms. The zero-order valence-corrected chi connectivity index (χ0v) is 11.2. The molecule has 1 aliphatic rings. The van der Waals surface area contributed by atoms with Gasteiger partial charge in [0, 0.05) is 18.5 Å².